The number of carboxylic acids is 1. The fraction of sp³-hybridized carbons (Fsp3) is 0.690. The van der Waals surface area contributed by atoms with Crippen molar-refractivity contribution in [3.63, 3.8) is 0 Å². The van der Waals surface area contributed by atoms with Gasteiger partial charge in [-0.05, 0) is 6.42 Å². The number of nitrogens with zero attached hydrogens (tertiary/aromatic N) is 4. The van der Waals surface area contributed by atoms with E-state index in [9.17, 15) is 67.8 Å². The Morgan fingerprint density at radius 1 is 1.05 bits per heavy atom. The molecule has 2 aromatic heterocycles. The van der Waals surface area contributed by atoms with E-state index >= 15 is 0 Å². The van der Waals surface area contributed by atoms with Gasteiger partial charge in [0, 0.05) is 30.7 Å². The van der Waals surface area contributed by atoms with Gasteiger partial charge in [-0.1, -0.05) is 51.8 Å². The van der Waals surface area contributed by atoms with Crippen LogP contribution in [0.15, 0.2) is 12.7 Å². The van der Waals surface area contributed by atoms with Crippen LogP contribution < -0.4 is 35.9 Å². The number of aliphatic hydroxyl groups is 2. The van der Waals surface area contributed by atoms with Crippen molar-refractivity contribution in [2.45, 2.75) is 83.5 Å². The number of fused-ring (bicyclic) bond motifs is 1. The third-order valence-corrected chi connectivity index (χ3v) is 12.4. The number of phosphoric acid groups is 3. The molecule has 0 radical (unpaired) electrons. The monoisotopic (exact) mass is 919 g/mol. The Bertz CT molecular complexity index is 1940. The lowest BCUT2D eigenvalue weighted by Crippen LogP contribution is -2.46. The van der Waals surface area contributed by atoms with E-state index in [0.717, 1.165) is 41.8 Å². The molecule has 8 unspecified atom stereocenters. The molecule has 1 fully saturated rings. The Hall–Kier alpha value is -2.97. The first-order valence-electron chi connectivity index (χ1n) is 17.6. The first-order valence-corrected chi connectivity index (χ1v) is 23.0. The number of thioether (sulfide) groups is 1. The third-order valence-electron chi connectivity index (χ3n) is 8.40. The Morgan fingerprint density at radius 3 is 2.37 bits per heavy atom. The van der Waals surface area contributed by atoms with E-state index < -0.39 is 102 Å². The number of nitrogens with one attached hydrogen (secondary N) is 2. The van der Waals surface area contributed by atoms with Gasteiger partial charge in [-0.15, -0.1) is 0 Å². The van der Waals surface area contributed by atoms with Crippen molar-refractivity contribution in [3.05, 3.63) is 12.7 Å². The van der Waals surface area contributed by atoms with Crippen molar-refractivity contribution in [1.29, 1.82) is 0 Å². The molecule has 26 nitrogen and oxygen atoms in total. The molecule has 30 heteroatoms. The van der Waals surface area contributed by atoms with Gasteiger partial charge in [0.05, 0.1) is 27.4 Å². The molecule has 334 valence electrons. The van der Waals surface area contributed by atoms with Crippen LogP contribution in [0.4, 0.5) is 5.82 Å². The van der Waals surface area contributed by atoms with Crippen LogP contribution in [0.2, 0.25) is 0 Å². The quantitative estimate of drug-likeness (QED) is 0.0338. The number of carboxylic acid groups (broad SMARTS) is 1. The average Bonchev–Trinajstić information content (AvgIpc) is 3.69. The van der Waals surface area contributed by atoms with E-state index in [1.165, 1.54) is 13.8 Å². The molecular weight excluding hydrogens is 875 g/mol. The van der Waals surface area contributed by atoms with Crippen LogP contribution in [0.1, 0.15) is 59.1 Å². The van der Waals surface area contributed by atoms with Crippen LogP contribution in [0.5, 0.6) is 0 Å². The van der Waals surface area contributed by atoms with Gasteiger partial charge in [0.2, 0.25) is 16.9 Å². The molecule has 0 spiro atoms. The van der Waals surface area contributed by atoms with Crippen molar-refractivity contribution in [3.8, 4) is 0 Å². The maximum atomic E-state index is 12.6. The number of imidazole rings is 1. The highest BCUT2D eigenvalue weighted by Gasteiger charge is 2.47. The minimum absolute atomic E-state index is 0.0193. The second-order valence-corrected chi connectivity index (χ2v) is 18.7. The van der Waals surface area contributed by atoms with Gasteiger partial charge in [-0.3, -0.25) is 32.9 Å². The van der Waals surface area contributed by atoms with E-state index in [2.05, 4.69) is 43.5 Å². The summed E-state index contributed by atoms with van der Waals surface area (Å²) in [6, 6.07) is 0. The lowest BCUT2D eigenvalue weighted by atomic mass is 9.87. The minimum atomic E-state index is -5.94. The standard InChI is InChI=1S/C29H48N7O19P3S/c1-4-5-6-7-16(27(41)42)28(43)59-11-10-31-18(37)8-9-32-25(40)22(39)29(2,3)13-52-58(49,50)55-57(47,48)51-12-17-21(54-56(44,45)46)20(38)26(53-17)36-15-35-19-23(30)33-14-34-24(19)36/h14-17,20-22,26,38-39H,4-13H2,1-3H3,(H,31,37)(H,32,40)(H,41,42)(H,47,48)(H,49,50)(H2,30,33,34)(H2,44,45,46)/p-4. The molecule has 7 N–H and O–H groups in total. The number of amides is 2. The number of aromatic nitrogens is 4. The lowest BCUT2D eigenvalue weighted by Gasteiger charge is -2.36. The van der Waals surface area contributed by atoms with E-state index in [-0.39, 0.29) is 48.7 Å². The van der Waals surface area contributed by atoms with Gasteiger partial charge in [0.1, 0.15) is 42.2 Å². The number of carbonyl (C=O) groups is 4. The van der Waals surface area contributed by atoms with Crippen LogP contribution >= 0.6 is 35.2 Å². The van der Waals surface area contributed by atoms with Crippen LogP contribution in [0.3, 0.4) is 0 Å². The summed E-state index contributed by atoms with van der Waals surface area (Å²) < 4.78 is 60.5. The zero-order valence-electron chi connectivity index (χ0n) is 31.7. The van der Waals surface area contributed by atoms with Crippen LogP contribution in [0, 0.1) is 11.3 Å². The average molecular weight is 920 g/mol. The number of rotatable bonds is 25. The van der Waals surface area contributed by atoms with Gasteiger partial charge in [0.25, 0.3) is 15.6 Å². The molecule has 8 atom stereocenters. The number of aliphatic hydroxyl groups excluding tert-OH is 2. The van der Waals surface area contributed by atoms with Crippen molar-refractivity contribution < 1.29 is 90.4 Å². The summed E-state index contributed by atoms with van der Waals surface area (Å²) in [6.07, 6.45) is -5.34. The number of aliphatic carboxylic acids is 1. The topological polar surface area (TPSA) is 412 Å². The summed E-state index contributed by atoms with van der Waals surface area (Å²) in [5, 5.41) is 34.9. The smallest absolute Gasteiger partial charge is 0.314 e. The van der Waals surface area contributed by atoms with Gasteiger partial charge in [-0.2, -0.15) is 0 Å². The lowest BCUT2D eigenvalue weighted by molar-refractivity contribution is -0.347. The summed E-state index contributed by atoms with van der Waals surface area (Å²) in [4.78, 5) is 108. The summed E-state index contributed by atoms with van der Waals surface area (Å²) in [5.41, 5.74) is 4.00. The van der Waals surface area contributed by atoms with Crippen molar-refractivity contribution in [2.24, 2.45) is 11.3 Å². The number of ether oxygens (including phenoxy) is 1. The Morgan fingerprint density at radius 2 is 1.73 bits per heavy atom. The summed E-state index contributed by atoms with van der Waals surface area (Å²) >= 11 is 0.772. The predicted octanol–water partition coefficient (Wildman–Crippen LogP) is -2.58. The molecular formula is C29H44N7O19P3S-4. The normalized spacial score (nSPS) is 21.6. The van der Waals surface area contributed by atoms with Gasteiger partial charge < -0.3 is 74.1 Å². The molecule has 3 rings (SSSR count). The number of anilines is 1. The highest BCUT2D eigenvalue weighted by atomic mass is 32.2. The highest BCUT2D eigenvalue weighted by Crippen LogP contribution is 2.56. The minimum Gasteiger partial charge on any atom is -0.790 e. The van der Waals surface area contributed by atoms with Crippen molar-refractivity contribution in [2.75, 3.05) is 37.8 Å². The number of phosphoric ester groups is 3. The van der Waals surface area contributed by atoms with E-state index in [1.807, 2.05) is 6.92 Å². The van der Waals surface area contributed by atoms with E-state index in [0.29, 0.717) is 6.42 Å². The number of hydrogen-bond donors (Lipinski definition) is 6. The number of nitrogen functional groups attached to an aromatic ring is 1. The maximum absolute atomic E-state index is 12.6. The fourth-order valence-electron chi connectivity index (χ4n) is 5.30. The summed E-state index contributed by atoms with van der Waals surface area (Å²) in [6.45, 7) is 1.69. The van der Waals surface area contributed by atoms with Gasteiger partial charge in [0.15, 0.2) is 17.7 Å². The molecule has 0 aromatic carbocycles. The second-order valence-electron chi connectivity index (χ2n) is 13.5. The zero-order chi connectivity index (χ0) is 44.3. The maximum Gasteiger partial charge on any atom is 0.314 e. The van der Waals surface area contributed by atoms with Crippen LogP contribution in [0.25, 0.3) is 11.2 Å². The predicted molar refractivity (Wildman–Crippen MR) is 193 cm³/mol. The zero-order valence-corrected chi connectivity index (χ0v) is 35.2. The van der Waals surface area contributed by atoms with E-state index in [4.69, 9.17) is 10.5 Å². The molecule has 2 aromatic rings. The summed E-state index contributed by atoms with van der Waals surface area (Å²) in [7, 11) is -17.7. The van der Waals surface area contributed by atoms with Crippen LogP contribution in [-0.4, -0.2) is 114 Å². The second kappa shape index (κ2) is 21.7. The van der Waals surface area contributed by atoms with Crippen molar-refractivity contribution >= 4 is 75.1 Å². The fourth-order valence-corrected chi connectivity index (χ4v) is 8.86. The number of carbonyl (C=O) groups excluding carboxylic acids is 3. The van der Waals surface area contributed by atoms with Crippen LogP contribution in [-0.2, 0) is 55.5 Å². The van der Waals surface area contributed by atoms with E-state index in [1.54, 1.807) is 0 Å². The first-order chi connectivity index (χ1) is 27.4. The number of unbranched alkanes of at least 4 members (excludes halogenated alkanes) is 2. The Balaban J connectivity index is 1.47. The molecule has 0 bridgehead atoms. The molecule has 0 saturated carbocycles. The molecule has 3 heterocycles. The molecule has 0 aliphatic carbocycles. The largest absolute Gasteiger partial charge is 0.790 e. The molecule has 1 saturated heterocycles. The van der Waals surface area contributed by atoms with Gasteiger partial charge >= 0.3 is 5.97 Å². The summed E-state index contributed by atoms with van der Waals surface area (Å²) in [5.74, 6) is -3.97. The molecule has 1 aliphatic heterocycles. The molecule has 2 amide bonds. The van der Waals surface area contributed by atoms with Gasteiger partial charge in [-0.25, -0.2) is 19.3 Å². The molecule has 59 heavy (non-hydrogen) atoms. The highest BCUT2D eigenvalue weighted by molar-refractivity contribution is 8.13. The SMILES string of the molecule is CCCCCC(C(=O)O)C(=O)SCCNC(=O)CCNC(=O)C(O)C(C)(C)COP(=O)([O-])OP(=O)([O-])OCC1OC(n2cnc3c(N)ncnc32)C(O)C1OP(=O)([O-])[O-]. The molecule has 1 aliphatic rings. The number of hydrogen-bond acceptors (Lipinski definition) is 23. The number of nitrogens with two attached hydrogens (primary N) is 1. The Labute approximate surface area is 340 Å². The van der Waals surface area contributed by atoms with Crippen molar-refractivity contribution in [1.82, 2.24) is 30.2 Å². The Kier molecular flexibility index (Phi) is 18.5. The first kappa shape index (κ1) is 50.4. The third kappa shape index (κ3) is 15.5.